The molecule has 0 amide bonds. The van der Waals surface area contributed by atoms with E-state index in [1.165, 1.54) is 6.42 Å². The van der Waals surface area contributed by atoms with Crippen molar-refractivity contribution in [3.63, 3.8) is 0 Å². The first-order chi connectivity index (χ1) is 9.57. The summed E-state index contributed by atoms with van der Waals surface area (Å²) in [6.07, 6.45) is 5.22. The fraction of sp³-hybridized carbons (Fsp3) is 0.800. The van der Waals surface area contributed by atoms with Gasteiger partial charge in [-0.2, -0.15) is 5.10 Å². The molecule has 1 heterocycles. The number of nitrogens with zero attached hydrogens (tertiary/aromatic N) is 2. The van der Waals surface area contributed by atoms with Crippen molar-refractivity contribution in [1.82, 2.24) is 15.1 Å². The lowest BCUT2D eigenvalue weighted by Gasteiger charge is -2.47. The van der Waals surface area contributed by atoms with E-state index in [9.17, 15) is 0 Å². The van der Waals surface area contributed by atoms with Crippen LogP contribution in [-0.2, 0) is 24.6 Å². The number of aromatic nitrogens is 2. The summed E-state index contributed by atoms with van der Waals surface area (Å²) in [6, 6.07) is 0.295. The van der Waals surface area contributed by atoms with E-state index in [2.05, 4.69) is 24.3 Å². The standard InChI is InChI=1S/C15H26ClN3O/c1-5-11-14(16)12(19(3)18-11)10-13(17-6-2)15(20-4)8-7-9-15/h13,17H,5-10H2,1-4H3. The number of likely N-dealkylation sites (N-methyl/N-ethyl adjacent to an activating group) is 1. The van der Waals surface area contributed by atoms with Gasteiger partial charge in [0.15, 0.2) is 0 Å². The number of methoxy groups -OCH3 is 1. The Morgan fingerprint density at radius 2 is 2.15 bits per heavy atom. The van der Waals surface area contributed by atoms with Gasteiger partial charge in [-0.05, 0) is 32.2 Å². The molecule has 1 aromatic rings. The Morgan fingerprint density at radius 1 is 1.45 bits per heavy atom. The molecule has 5 heteroatoms. The van der Waals surface area contributed by atoms with E-state index in [1.807, 2.05) is 18.8 Å². The lowest BCUT2D eigenvalue weighted by Crippen LogP contribution is -2.57. The third-order valence-electron chi connectivity index (χ3n) is 4.59. The molecule has 1 atom stereocenters. The molecule has 1 unspecified atom stereocenters. The number of nitrogens with one attached hydrogen (secondary N) is 1. The van der Waals surface area contributed by atoms with Crippen molar-refractivity contribution in [1.29, 1.82) is 0 Å². The van der Waals surface area contributed by atoms with Crippen molar-refractivity contribution in [3.8, 4) is 0 Å². The fourth-order valence-electron chi connectivity index (χ4n) is 3.15. The van der Waals surface area contributed by atoms with Gasteiger partial charge in [-0.15, -0.1) is 0 Å². The van der Waals surface area contributed by atoms with Gasteiger partial charge in [0.05, 0.1) is 22.0 Å². The van der Waals surface area contributed by atoms with E-state index in [0.29, 0.717) is 6.04 Å². The molecule has 1 saturated carbocycles. The number of ether oxygens (including phenoxy) is 1. The van der Waals surface area contributed by atoms with Gasteiger partial charge >= 0.3 is 0 Å². The molecule has 0 spiro atoms. The van der Waals surface area contributed by atoms with Crippen LogP contribution in [0.25, 0.3) is 0 Å². The third kappa shape index (κ3) is 2.74. The lowest BCUT2D eigenvalue weighted by molar-refractivity contribution is -0.0981. The van der Waals surface area contributed by atoms with Crippen molar-refractivity contribution < 1.29 is 4.74 Å². The highest BCUT2D eigenvalue weighted by Gasteiger charge is 2.44. The molecule has 2 rings (SSSR count). The highest BCUT2D eigenvalue weighted by molar-refractivity contribution is 6.31. The molecule has 114 valence electrons. The zero-order valence-electron chi connectivity index (χ0n) is 13.0. The SMILES string of the molecule is CCNC(Cc1c(Cl)c(CC)nn1C)C1(OC)CCC1. The molecular formula is C15H26ClN3O. The second-order valence-electron chi connectivity index (χ2n) is 5.62. The summed E-state index contributed by atoms with van der Waals surface area (Å²) in [6.45, 7) is 5.16. The highest BCUT2D eigenvalue weighted by atomic mass is 35.5. The van der Waals surface area contributed by atoms with Gasteiger partial charge in [0.2, 0.25) is 0 Å². The van der Waals surface area contributed by atoms with Gasteiger partial charge in [-0.25, -0.2) is 0 Å². The monoisotopic (exact) mass is 299 g/mol. The topological polar surface area (TPSA) is 39.1 Å². The third-order valence-corrected chi connectivity index (χ3v) is 5.03. The summed E-state index contributed by atoms with van der Waals surface area (Å²) in [5.74, 6) is 0. The van der Waals surface area contributed by atoms with Crippen molar-refractivity contribution in [2.45, 2.75) is 57.6 Å². The first kappa shape index (κ1) is 15.8. The largest absolute Gasteiger partial charge is 0.377 e. The second kappa shape index (κ2) is 6.46. The average molecular weight is 300 g/mol. The van der Waals surface area contributed by atoms with Crippen LogP contribution in [0.3, 0.4) is 0 Å². The number of rotatable bonds is 7. The number of aryl methyl sites for hydroxylation is 2. The van der Waals surface area contributed by atoms with E-state index in [-0.39, 0.29) is 5.60 Å². The molecule has 1 aliphatic rings. The zero-order chi connectivity index (χ0) is 14.8. The van der Waals surface area contributed by atoms with E-state index in [1.54, 1.807) is 0 Å². The van der Waals surface area contributed by atoms with E-state index in [4.69, 9.17) is 16.3 Å². The highest BCUT2D eigenvalue weighted by Crippen LogP contribution is 2.39. The average Bonchev–Trinajstić information content (AvgIpc) is 2.65. The van der Waals surface area contributed by atoms with Crippen molar-refractivity contribution in [3.05, 3.63) is 16.4 Å². The molecule has 1 fully saturated rings. The van der Waals surface area contributed by atoms with Crippen LogP contribution in [0.2, 0.25) is 5.02 Å². The molecule has 1 N–H and O–H groups in total. The van der Waals surface area contributed by atoms with Gasteiger partial charge in [-0.1, -0.05) is 25.4 Å². The summed E-state index contributed by atoms with van der Waals surface area (Å²) >= 11 is 6.48. The van der Waals surface area contributed by atoms with Gasteiger partial charge in [0.1, 0.15) is 0 Å². The summed E-state index contributed by atoms with van der Waals surface area (Å²) in [4.78, 5) is 0. The molecular weight excluding hydrogens is 274 g/mol. The van der Waals surface area contributed by atoms with Gasteiger partial charge in [0, 0.05) is 26.6 Å². The summed E-state index contributed by atoms with van der Waals surface area (Å²) in [5.41, 5.74) is 2.06. The molecule has 20 heavy (non-hydrogen) atoms. The van der Waals surface area contributed by atoms with Crippen LogP contribution >= 0.6 is 11.6 Å². The van der Waals surface area contributed by atoms with E-state index >= 15 is 0 Å². The van der Waals surface area contributed by atoms with Crippen LogP contribution in [0.5, 0.6) is 0 Å². The van der Waals surface area contributed by atoms with Crippen LogP contribution < -0.4 is 5.32 Å². The first-order valence-corrected chi connectivity index (χ1v) is 7.94. The summed E-state index contributed by atoms with van der Waals surface area (Å²) in [7, 11) is 3.80. The number of hydrogen-bond acceptors (Lipinski definition) is 3. The minimum Gasteiger partial charge on any atom is -0.377 e. The Morgan fingerprint density at radius 3 is 2.55 bits per heavy atom. The Bertz CT molecular complexity index is 449. The summed E-state index contributed by atoms with van der Waals surface area (Å²) in [5, 5.41) is 8.91. The number of hydrogen-bond donors (Lipinski definition) is 1. The number of halogens is 1. The molecule has 1 aliphatic carbocycles. The molecule has 0 saturated heterocycles. The van der Waals surface area contributed by atoms with Crippen LogP contribution in [0.1, 0.15) is 44.5 Å². The molecule has 1 aromatic heterocycles. The second-order valence-corrected chi connectivity index (χ2v) is 6.00. The first-order valence-electron chi connectivity index (χ1n) is 7.56. The Hall–Kier alpha value is -0.580. The maximum Gasteiger partial charge on any atom is 0.0850 e. The van der Waals surface area contributed by atoms with Crippen LogP contribution in [0.15, 0.2) is 0 Å². The van der Waals surface area contributed by atoms with Crippen LogP contribution in [0, 0.1) is 0 Å². The van der Waals surface area contributed by atoms with Crippen molar-refractivity contribution >= 4 is 11.6 Å². The minimum absolute atomic E-state index is 0.0318. The summed E-state index contributed by atoms with van der Waals surface area (Å²) < 4.78 is 7.76. The van der Waals surface area contributed by atoms with E-state index in [0.717, 1.165) is 48.6 Å². The molecule has 0 radical (unpaired) electrons. The fourth-order valence-corrected chi connectivity index (χ4v) is 3.52. The lowest BCUT2D eigenvalue weighted by atomic mass is 9.73. The van der Waals surface area contributed by atoms with Crippen molar-refractivity contribution in [2.24, 2.45) is 7.05 Å². The van der Waals surface area contributed by atoms with Crippen LogP contribution in [-0.4, -0.2) is 35.1 Å². The predicted molar refractivity (Wildman–Crippen MR) is 82.4 cm³/mol. The Balaban J connectivity index is 2.22. The Kier molecular flexibility index (Phi) is 5.10. The molecule has 0 bridgehead atoms. The zero-order valence-corrected chi connectivity index (χ0v) is 13.8. The molecule has 0 aliphatic heterocycles. The minimum atomic E-state index is -0.0318. The van der Waals surface area contributed by atoms with Crippen molar-refractivity contribution in [2.75, 3.05) is 13.7 Å². The Labute approximate surface area is 126 Å². The van der Waals surface area contributed by atoms with Gasteiger partial charge in [-0.3, -0.25) is 4.68 Å². The van der Waals surface area contributed by atoms with E-state index < -0.39 is 0 Å². The smallest absolute Gasteiger partial charge is 0.0850 e. The molecule has 0 aromatic carbocycles. The predicted octanol–water partition coefficient (Wildman–Crippen LogP) is 2.73. The normalized spacial score (nSPS) is 18.9. The maximum absolute atomic E-state index is 6.48. The maximum atomic E-state index is 6.48. The quantitative estimate of drug-likeness (QED) is 0.841. The van der Waals surface area contributed by atoms with Crippen LogP contribution in [0.4, 0.5) is 0 Å². The molecule has 4 nitrogen and oxygen atoms in total. The van der Waals surface area contributed by atoms with Gasteiger partial charge < -0.3 is 10.1 Å². The van der Waals surface area contributed by atoms with Gasteiger partial charge in [0.25, 0.3) is 0 Å².